The van der Waals surface area contributed by atoms with Crippen molar-refractivity contribution in [3.8, 4) is 0 Å². The molecule has 0 unspecified atom stereocenters. The molecule has 0 aliphatic heterocycles. The summed E-state index contributed by atoms with van der Waals surface area (Å²) in [7, 11) is -1.90. The van der Waals surface area contributed by atoms with E-state index in [4.69, 9.17) is 4.43 Å². The van der Waals surface area contributed by atoms with Gasteiger partial charge < -0.3 is 20.2 Å². The Kier molecular flexibility index (Phi) is 7.25. The number of hydrogen-bond acceptors (Lipinski definition) is 3. The number of amides is 2. The van der Waals surface area contributed by atoms with E-state index >= 15 is 0 Å². The maximum absolute atomic E-state index is 12.0. The van der Waals surface area contributed by atoms with E-state index in [1.807, 2.05) is 12.1 Å². The van der Waals surface area contributed by atoms with Crippen molar-refractivity contribution in [2.45, 2.75) is 44.9 Å². The van der Waals surface area contributed by atoms with Gasteiger partial charge in [-0.05, 0) is 42.4 Å². The average molecular weight is 403 g/mol. The van der Waals surface area contributed by atoms with E-state index in [1.165, 1.54) is 0 Å². The lowest BCUT2D eigenvalue weighted by atomic mass is 10.2. The topological polar surface area (TPSA) is 70.6 Å². The molecule has 1 aromatic carbocycles. The third kappa shape index (κ3) is 6.62. The summed E-state index contributed by atoms with van der Waals surface area (Å²) in [5.74, 6) is 0. The summed E-state index contributed by atoms with van der Waals surface area (Å²) in [5.41, 5.74) is 0.688. The minimum atomic E-state index is -1.90. The lowest BCUT2D eigenvalue weighted by molar-refractivity contribution is 0.174. The van der Waals surface area contributed by atoms with Crippen molar-refractivity contribution in [1.29, 1.82) is 0 Å². The third-order valence-corrected chi connectivity index (χ3v) is 9.14. The zero-order valence-corrected chi connectivity index (χ0v) is 17.0. The van der Waals surface area contributed by atoms with Crippen LogP contribution in [0.2, 0.25) is 18.1 Å². The maximum Gasteiger partial charge on any atom is 0.319 e. The molecule has 23 heavy (non-hydrogen) atoms. The van der Waals surface area contributed by atoms with Gasteiger partial charge in [-0.2, -0.15) is 0 Å². The van der Waals surface area contributed by atoms with Crippen LogP contribution < -0.4 is 10.6 Å². The first-order valence-electron chi connectivity index (χ1n) is 7.63. The van der Waals surface area contributed by atoms with Crippen LogP contribution in [-0.4, -0.2) is 38.7 Å². The summed E-state index contributed by atoms with van der Waals surface area (Å²) in [6.07, 6.45) is 0. The molecule has 5 nitrogen and oxygen atoms in total. The van der Waals surface area contributed by atoms with Gasteiger partial charge in [-0.1, -0.05) is 36.7 Å². The fourth-order valence-electron chi connectivity index (χ4n) is 1.55. The second-order valence-corrected chi connectivity index (χ2v) is 12.8. The van der Waals surface area contributed by atoms with Crippen LogP contribution >= 0.6 is 15.9 Å². The molecule has 0 radical (unpaired) electrons. The standard InChI is InChI=1S/C16H27BrN2O3Si/c1-16(2,3)23(4,5)22-11-14(10-20)19-15(21)18-13-8-6-12(17)7-9-13/h6-9,14,20H,10-11H2,1-5H3,(H2,18,19,21)/t14-/m1/s1. The first kappa shape index (κ1) is 20.2. The van der Waals surface area contributed by atoms with Gasteiger partial charge in [-0.25, -0.2) is 4.79 Å². The van der Waals surface area contributed by atoms with Gasteiger partial charge in [0.1, 0.15) is 0 Å². The highest BCUT2D eigenvalue weighted by Crippen LogP contribution is 2.36. The Hall–Kier alpha value is -0.893. The van der Waals surface area contributed by atoms with Crippen molar-refractivity contribution in [3.05, 3.63) is 28.7 Å². The summed E-state index contributed by atoms with van der Waals surface area (Å²) >= 11 is 3.34. The lowest BCUT2D eigenvalue weighted by Crippen LogP contribution is -2.48. The number of carbonyl (C=O) groups is 1. The first-order chi connectivity index (χ1) is 10.5. The van der Waals surface area contributed by atoms with Crippen LogP contribution in [0, 0.1) is 0 Å². The normalized spacial score (nSPS) is 13.5. The van der Waals surface area contributed by atoms with E-state index in [1.54, 1.807) is 12.1 Å². The first-order valence-corrected chi connectivity index (χ1v) is 11.3. The smallest absolute Gasteiger partial charge is 0.319 e. The summed E-state index contributed by atoms with van der Waals surface area (Å²) < 4.78 is 6.99. The highest BCUT2D eigenvalue weighted by atomic mass is 79.9. The van der Waals surface area contributed by atoms with Crippen molar-refractivity contribution in [3.63, 3.8) is 0 Å². The van der Waals surface area contributed by atoms with Gasteiger partial charge in [0, 0.05) is 10.2 Å². The van der Waals surface area contributed by atoms with E-state index in [0.717, 1.165) is 4.47 Å². The number of aliphatic hydroxyl groups is 1. The van der Waals surface area contributed by atoms with Crippen molar-refractivity contribution in [2.75, 3.05) is 18.5 Å². The molecular formula is C16H27BrN2O3Si. The van der Waals surface area contributed by atoms with E-state index < -0.39 is 14.4 Å². The zero-order valence-electron chi connectivity index (χ0n) is 14.4. The third-order valence-electron chi connectivity index (χ3n) is 4.11. The molecule has 1 aromatic rings. The summed E-state index contributed by atoms with van der Waals surface area (Å²) in [6, 6.07) is 6.50. The molecule has 0 bridgehead atoms. The second-order valence-electron chi connectivity index (χ2n) is 7.06. The predicted octanol–water partition coefficient (Wildman–Crippen LogP) is 3.95. The van der Waals surface area contributed by atoms with Gasteiger partial charge in [0.15, 0.2) is 8.32 Å². The Labute approximate surface area is 148 Å². The number of hydrogen-bond donors (Lipinski definition) is 3. The van der Waals surface area contributed by atoms with Crippen molar-refractivity contribution in [1.82, 2.24) is 5.32 Å². The van der Waals surface area contributed by atoms with Crippen LogP contribution in [0.3, 0.4) is 0 Å². The lowest BCUT2D eigenvalue weighted by Gasteiger charge is -2.37. The van der Waals surface area contributed by atoms with Gasteiger partial charge in [0.05, 0.1) is 19.3 Å². The number of aliphatic hydroxyl groups excluding tert-OH is 1. The molecular weight excluding hydrogens is 376 g/mol. The molecule has 0 spiro atoms. The van der Waals surface area contributed by atoms with Gasteiger partial charge in [-0.15, -0.1) is 0 Å². The van der Waals surface area contributed by atoms with E-state index in [2.05, 4.69) is 60.4 Å². The monoisotopic (exact) mass is 402 g/mol. The van der Waals surface area contributed by atoms with Gasteiger partial charge >= 0.3 is 6.03 Å². The van der Waals surface area contributed by atoms with Gasteiger partial charge in [-0.3, -0.25) is 0 Å². The number of nitrogens with one attached hydrogen (secondary N) is 2. The number of carbonyl (C=O) groups excluding carboxylic acids is 1. The molecule has 0 saturated carbocycles. The van der Waals surface area contributed by atoms with Crippen LogP contribution in [0.15, 0.2) is 28.7 Å². The number of rotatable bonds is 6. The number of urea groups is 1. The molecule has 0 saturated heterocycles. The summed E-state index contributed by atoms with van der Waals surface area (Å²) in [6.45, 7) is 10.9. The van der Waals surface area contributed by atoms with Crippen molar-refractivity contribution >= 4 is 36.0 Å². The van der Waals surface area contributed by atoms with Crippen LogP contribution in [0.25, 0.3) is 0 Å². The number of benzene rings is 1. The fourth-order valence-corrected chi connectivity index (χ4v) is 2.87. The predicted molar refractivity (Wildman–Crippen MR) is 100 cm³/mol. The maximum atomic E-state index is 12.0. The Morgan fingerprint density at radius 1 is 1.30 bits per heavy atom. The molecule has 0 aliphatic carbocycles. The van der Waals surface area contributed by atoms with Crippen LogP contribution in [-0.2, 0) is 4.43 Å². The average Bonchev–Trinajstić information content (AvgIpc) is 2.44. The van der Waals surface area contributed by atoms with Crippen LogP contribution in [0.5, 0.6) is 0 Å². The Morgan fingerprint density at radius 2 is 1.87 bits per heavy atom. The fraction of sp³-hybridized carbons (Fsp3) is 0.562. The molecule has 2 amide bonds. The van der Waals surface area contributed by atoms with E-state index in [0.29, 0.717) is 12.3 Å². The Morgan fingerprint density at radius 3 is 2.35 bits per heavy atom. The number of halogens is 1. The second kappa shape index (κ2) is 8.28. The summed E-state index contributed by atoms with van der Waals surface area (Å²) in [5, 5.41) is 15.0. The van der Waals surface area contributed by atoms with Gasteiger partial charge in [0.2, 0.25) is 0 Å². The minimum absolute atomic E-state index is 0.0900. The zero-order chi connectivity index (χ0) is 17.7. The molecule has 0 heterocycles. The molecule has 0 fully saturated rings. The molecule has 0 aliphatic rings. The molecule has 1 rings (SSSR count). The van der Waals surface area contributed by atoms with Crippen molar-refractivity contribution < 1.29 is 14.3 Å². The highest BCUT2D eigenvalue weighted by molar-refractivity contribution is 9.10. The molecule has 3 N–H and O–H groups in total. The molecule has 130 valence electrons. The van der Waals surface area contributed by atoms with Crippen LogP contribution in [0.4, 0.5) is 10.5 Å². The number of anilines is 1. The van der Waals surface area contributed by atoms with Gasteiger partial charge in [0.25, 0.3) is 0 Å². The Bertz CT molecular complexity index is 515. The Balaban J connectivity index is 2.52. The molecule has 7 heteroatoms. The van der Waals surface area contributed by atoms with E-state index in [9.17, 15) is 9.90 Å². The highest BCUT2D eigenvalue weighted by Gasteiger charge is 2.37. The van der Waals surface area contributed by atoms with Crippen LogP contribution in [0.1, 0.15) is 20.8 Å². The molecule has 0 aromatic heterocycles. The quantitative estimate of drug-likeness (QED) is 0.630. The van der Waals surface area contributed by atoms with Crippen molar-refractivity contribution in [2.24, 2.45) is 0 Å². The minimum Gasteiger partial charge on any atom is -0.415 e. The van der Waals surface area contributed by atoms with E-state index in [-0.39, 0.29) is 17.7 Å². The summed E-state index contributed by atoms with van der Waals surface area (Å²) in [4.78, 5) is 12.0. The SMILES string of the molecule is CC(C)(C)[Si](C)(C)OC[C@@H](CO)NC(=O)Nc1ccc(Br)cc1. The molecule has 1 atom stereocenters. The largest absolute Gasteiger partial charge is 0.415 e.